The normalized spacial score (nSPS) is 10.6. The van der Waals surface area contributed by atoms with E-state index in [1.54, 1.807) is 37.3 Å². The summed E-state index contributed by atoms with van der Waals surface area (Å²) in [6.45, 7) is 1.76. The van der Waals surface area contributed by atoms with Crippen LogP contribution in [0.5, 0.6) is 0 Å². The van der Waals surface area contributed by atoms with Gasteiger partial charge in [-0.1, -0.05) is 24.3 Å². The predicted molar refractivity (Wildman–Crippen MR) is 83.7 cm³/mol. The van der Waals surface area contributed by atoms with Gasteiger partial charge in [0, 0.05) is 17.0 Å². The molecule has 0 atom stereocenters. The highest BCUT2D eigenvalue weighted by molar-refractivity contribution is 6.12. The quantitative estimate of drug-likeness (QED) is 0.762. The number of aromatic nitrogens is 1. The number of hydrogen-bond donors (Lipinski definition) is 2. The summed E-state index contributed by atoms with van der Waals surface area (Å²) in [5.74, 6) is -1.03. The van der Waals surface area contributed by atoms with Crippen molar-refractivity contribution in [1.82, 2.24) is 4.98 Å². The van der Waals surface area contributed by atoms with Crippen LogP contribution in [0.1, 0.15) is 15.9 Å². The molecule has 2 aromatic carbocycles. The summed E-state index contributed by atoms with van der Waals surface area (Å²) in [5, 5.41) is 3.11. The van der Waals surface area contributed by atoms with Crippen LogP contribution in [-0.2, 0) is 0 Å². The first-order valence-corrected chi connectivity index (χ1v) is 6.74. The van der Waals surface area contributed by atoms with Gasteiger partial charge < -0.3 is 10.3 Å². The van der Waals surface area contributed by atoms with Gasteiger partial charge in [-0.3, -0.25) is 9.59 Å². The summed E-state index contributed by atoms with van der Waals surface area (Å²) < 4.78 is 13.8. The van der Waals surface area contributed by atoms with E-state index in [0.717, 1.165) is 5.56 Å². The molecule has 1 aromatic heterocycles. The van der Waals surface area contributed by atoms with E-state index in [0.29, 0.717) is 10.9 Å². The molecule has 0 saturated heterocycles. The van der Waals surface area contributed by atoms with Crippen molar-refractivity contribution in [2.24, 2.45) is 0 Å². The van der Waals surface area contributed by atoms with E-state index in [-0.39, 0.29) is 16.8 Å². The Bertz CT molecular complexity index is 931. The zero-order valence-corrected chi connectivity index (χ0v) is 11.8. The number of H-pyrrole nitrogens is 1. The van der Waals surface area contributed by atoms with Crippen molar-refractivity contribution >= 4 is 22.5 Å². The largest absolute Gasteiger partial charge is 0.322 e. The van der Waals surface area contributed by atoms with Crippen LogP contribution in [0, 0.1) is 12.7 Å². The Labute approximate surface area is 125 Å². The van der Waals surface area contributed by atoms with Crippen molar-refractivity contribution in [1.29, 1.82) is 0 Å². The average molecular weight is 296 g/mol. The second-order valence-electron chi connectivity index (χ2n) is 5.03. The number of carbonyl (C=O) groups is 1. The molecule has 0 aliphatic heterocycles. The van der Waals surface area contributed by atoms with Gasteiger partial charge in [0.15, 0.2) is 0 Å². The van der Waals surface area contributed by atoms with Gasteiger partial charge in [-0.15, -0.1) is 0 Å². The number of para-hydroxylation sites is 1. The molecule has 0 aliphatic rings. The van der Waals surface area contributed by atoms with Gasteiger partial charge in [-0.2, -0.15) is 0 Å². The van der Waals surface area contributed by atoms with Gasteiger partial charge >= 0.3 is 0 Å². The maximum atomic E-state index is 13.8. The minimum atomic E-state index is -0.523. The Morgan fingerprint density at radius 1 is 1.14 bits per heavy atom. The number of benzene rings is 2. The Balaban J connectivity index is 2.04. The van der Waals surface area contributed by atoms with Crippen molar-refractivity contribution < 1.29 is 9.18 Å². The third kappa shape index (κ3) is 2.61. The molecule has 1 amide bonds. The number of hydrogen-bond acceptors (Lipinski definition) is 2. The molecule has 3 aromatic rings. The van der Waals surface area contributed by atoms with Crippen LogP contribution in [-0.4, -0.2) is 10.9 Å². The highest BCUT2D eigenvalue weighted by Gasteiger charge is 2.13. The standard InChI is InChI=1S/C17H13FN2O2/c1-10-6-7-15(13(18)8-10)20-17(22)12-9-16(21)19-14-5-3-2-4-11(12)14/h2-9H,1H3,(H,19,21)(H,20,22). The van der Waals surface area contributed by atoms with Gasteiger partial charge in [0.1, 0.15) is 5.82 Å². The summed E-state index contributed by atoms with van der Waals surface area (Å²) in [6.07, 6.45) is 0. The number of nitrogens with one attached hydrogen (secondary N) is 2. The highest BCUT2D eigenvalue weighted by atomic mass is 19.1. The van der Waals surface area contributed by atoms with E-state index in [1.807, 2.05) is 0 Å². The van der Waals surface area contributed by atoms with Gasteiger partial charge in [0.05, 0.1) is 11.3 Å². The minimum Gasteiger partial charge on any atom is -0.322 e. The molecule has 0 spiro atoms. The van der Waals surface area contributed by atoms with E-state index in [4.69, 9.17) is 0 Å². The molecule has 0 radical (unpaired) electrons. The molecule has 0 unspecified atom stereocenters. The zero-order chi connectivity index (χ0) is 15.7. The van der Waals surface area contributed by atoms with Gasteiger partial charge in [-0.05, 0) is 30.7 Å². The molecule has 1 heterocycles. The molecule has 0 aliphatic carbocycles. The molecular formula is C17H13FN2O2. The molecule has 2 N–H and O–H groups in total. The number of aryl methyl sites for hydroxylation is 1. The van der Waals surface area contributed by atoms with E-state index >= 15 is 0 Å². The number of carbonyl (C=O) groups excluding carboxylic acids is 1. The van der Waals surface area contributed by atoms with Gasteiger partial charge in [-0.25, -0.2) is 4.39 Å². The predicted octanol–water partition coefficient (Wildman–Crippen LogP) is 3.23. The molecule has 0 saturated carbocycles. The van der Waals surface area contributed by atoms with Crippen molar-refractivity contribution in [3.8, 4) is 0 Å². The second kappa shape index (κ2) is 5.44. The first-order chi connectivity index (χ1) is 10.5. The SMILES string of the molecule is Cc1ccc(NC(=O)c2cc(=O)[nH]c3ccccc23)c(F)c1. The highest BCUT2D eigenvalue weighted by Crippen LogP contribution is 2.19. The number of fused-ring (bicyclic) bond motifs is 1. The number of amides is 1. The number of halogens is 1. The Morgan fingerprint density at radius 3 is 2.68 bits per heavy atom. The number of anilines is 1. The van der Waals surface area contributed by atoms with E-state index in [9.17, 15) is 14.0 Å². The first-order valence-electron chi connectivity index (χ1n) is 6.74. The lowest BCUT2D eigenvalue weighted by Gasteiger charge is -2.09. The average Bonchev–Trinajstić information content (AvgIpc) is 2.49. The lowest BCUT2D eigenvalue weighted by molar-refractivity contribution is 0.102. The van der Waals surface area contributed by atoms with Crippen LogP contribution < -0.4 is 10.9 Å². The molecule has 5 heteroatoms. The third-order valence-electron chi connectivity index (χ3n) is 3.37. The monoisotopic (exact) mass is 296 g/mol. The summed E-state index contributed by atoms with van der Waals surface area (Å²) in [4.78, 5) is 26.7. The smallest absolute Gasteiger partial charge is 0.256 e. The van der Waals surface area contributed by atoms with E-state index in [1.165, 1.54) is 18.2 Å². The Kier molecular flexibility index (Phi) is 3.47. The second-order valence-corrected chi connectivity index (χ2v) is 5.03. The summed E-state index contributed by atoms with van der Waals surface area (Å²) in [7, 11) is 0. The van der Waals surface area contributed by atoms with E-state index in [2.05, 4.69) is 10.3 Å². The summed E-state index contributed by atoms with van der Waals surface area (Å²) in [6, 6.07) is 12.7. The number of aromatic amines is 1. The van der Waals surface area contributed by atoms with Crippen LogP contribution in [0.15, 0.2) is 53.3 Å². The lowest BCUT2D eigenvalue weighted by atomic mass is 10.1. The third-order valence-corrected chi connectivity index (χ3v) is 3.37. The van der Waals surface area contributed by atoms with Crippen LogP contribution in [0.2, 0.25) is 0 Å². The summed E-state index contributed by atoms with van der Waals surface area (Å²) >= 11 is 0. The molecule has 4 nitrogen and oxygen atoms in total. The van der Waals surface area contributed by atoms with E-state index < -0.39 is 11.7 Å². The van der Waals surface area contributed by atoms with Crippen molar-refractivity contribution in [2.75, 3.05) is 5.32 Å². The van der Waals surface area contributed by atoms with Crippen LogP contribution in [0.4, 0.5) is 10.1 Å². The van der Waals surface area contributed by atoms with Crippen LogP contribution in [0.3, 0.4) is 0 Å². The summed E-state index contributed by atoms with van der Waals surface area (Å²) in [5.41, 5.74) is 1.23. The lowest BCUT2D eigenvalue weighted by Crippen LogP contribution is -2.17. The molecule has 22 heavy (non-hydrogen) atoms. The Morgan fingerprint density at radius 2 is 1.91 bits per heavy atom. The molecule has 0 fully saturated rings. The maximum absolute atomic E-state index is 13.8. The molecule has 3 rings (SSSR count). The van der Waals surface area contributed by atoms with Crippen LogP contribution in [0.25, 0.3) is 10.9 Å². The molecule has 110 valence electrons. The maximum Gasteiger partial charge on any atom is 0.256 e. The van der Waals surface area contributed by atoms with Crippen molar-refractivity contribution in [2.45, 2.75) is 6.92 Å². The van der Waals surface area contributed by atoms with Crippen molar-refractivity contribution in [3.05, 3.63) is 75.8 Å². The van der Waals surface area contributed by atoms with Gasteiger partial charge in [0.25, 0.3) is 5.91 Å². The zero-order valence-electron chi connectivity index (χ0n) is 11.8. The topological polar surface area (TPSA) is 62.0 Å². The molecule has 0 bridgehead atoms. The fraction of sp³-hybridized carbons (Fsp3) is 0.0588. The molecular weight excluding hydrogens is 283 g/mol. The first kappa shape index (κ1) is 14.0. The number of rotatable bonds is 2. The minimum absolute atomic E-state index is 0.0833. The number of pyridine rings is 1. The van der Waals surface area contributed by atoms with Crippen molar-refractivity contribution in [3.63, 3.8) is 0 Å². The van der Waals surface area contributed by atoms with Gasteiger partial charge in [0.2, 0.25) is 5.56 Å². The fourth-order valence-corrected chi connectivity index (χ4v) is 2.30. The fourth-order valence-electron chi connectivity index (χ4n) is 2.30. The Hall–Kier alpha value is -2.95. The van der Waals surface area contributed by atoms with Crippen LogP contribution >= 0.6 is 0 Å².